The van der Waals surface area contributed by atoms with Gasteiger partial charge in [-0.05, 0) is 56.8 Å². The minimum Gasteiger partial charge on any atom is -0.472 e. The summed E-state index contributed by atoms with van der Waals surface area (Å²) in [5, 5.41) is 2.06. The van der Waals surface area contributed by atoms with Gasteiger partial charge < -0.3 is 4.74 Å². The molecule has 3 heterocycles. The number of nitrogens with zero attached hydrogens (tertiary/aromatic N) is 4. The summed E-state index contributed by atoms with van der Waals surface area (Å²) in [6.45, 7) is 14.3. The minimum atomic E-state index is -0.157. The third kappa shape index (κ3) is 4.80. The lowest BCUT2D eigenvalue weighted by Gasteiger charge is -2.18. The van der Waals surface area contributed by atoms with E-state index in [1.807, 2.05) is 38.1 Å². The Morgan fingerprint density at radius 3 is 2.47 bits per heavy atom. The first kappa shape index (κ1) is 23.8. The van der Waals surface area contributed by atoms with Crippen molar-refractivity contribution in [3.05, 3.63) is 85.5 Å². The van der Waals surface area contributed by atoms with Gasteiger partial charge in [0.05, 0.1) is 16.9 Å². The van der Waals surface area contributed by atoms with Gasteiger partial charge in [-0.2, -0.15) is 4.98 Å². The number of benzene rings is 1. The zero-order chi connectivity index (χ0) is 24.6. The number of ether oxygens (including phenoxy) is 1. The smallest absolute Gasteiger partial charge is 0.264 e. The van der Waals surface area contributed by atoms with Crippen molar-refractivity contribution in [2.24, 2.45) is 0 Å². The summed E-state index contributed by atoms with van der Waals surface area (Å²) in [5.74, 6) is 1.73. The maximum absolute atomic E-state index is 13.4. The molecular formula is C27H30N4O2S. The summed E-state index contributed by atoms with van der Waals surface area (Å²) in [6.07, 6.45) is 1.78. The first-order chi connectivity index (χ1) is 16.0. The fourth-order valence-electron chi connectivity index (χ4n) is 3.73. The van der Waals surface area contributed by atoms with Crippen LogP contribution in [0.1, 0.15) is 54.0 Å². The third-order valence-corrected chi connectivity index (χ3v) is 6.57. The molecule has 0 fully saturated rings. The second kappa shape index (κ2) is 9.14. The summed E-state index contributed by atoms with van der Waals surface area (Å²) in [4.78, 5) is 28.5. The van der Waals surface area contributed by atoms with Gasteiger partial charge in [-0.3, -0.25) is 9.36 Å². The average Bonchev–Trinajstić information content (AvgIpc) is 3.21. The van der Waals surface area contributed by atoms with Crippen LogP contribution in [-0.4, -0.2) is 19.5 Å². The van der Waals surface area contributed by atoms with E-state index in [0.717, 1.165) is 33.9 Å². The SMILES string of the molecule is Cc1cc(COc2nc(C)n(-c3cc(-c4ccnc(C(C)(C)C)n4)ccc3C)c(=O)c2C)cs1. The Morgan fingerprint density at radius 1 is 1.03 bits per heavy atom. The van der Waals surface area contributed by atoms with Gasteiger partial charge in [0.1, 0.15) is 18.3 Å². The maximum Gasteiger partial charge on any atom is 0.264 e. The van der Waals surface area contributed by atoms with E-state index in [2.05, 4.69) is 49.1 Å². The van der Waals surface area contributed by atoms with Crippen molar-refractivity contribution in [2.75, 3.05) is 0 Å². The standard InChI is InChI=1S/C27H30N4O2S/c1-16-8-9-21(22-10-11-28-26(30-22)27(5,6)7)13-23(16)31-19(4)29-24(18(3)25(31)32)33-14-20-12-17(2)34-15-20/h8-13,15H,14H2,1-7H3. The molecule has 0 N–H and O–H groups in total. The molecule has 0 amide bonds. The minimum absolute atomic E-state index is 0.137. The van der Waals surface area contributed by atoms with Crippen LogP contribution in [0.5, 0.6) is 5.88 Å². The fraction of sp³-hybridized carbons (Fsp3) is 0.333. The molecule has 3 aromatic heterocycles. The topological polar surface area (TPSA) is 69.9 Å². The van der Waals surface area contributed by atoms with E-state index in [-0.39, 0.29) is 11.0 Å². The van der Waals surface area contributed by atoms with Crippen molar-refractivity contribution in [1.29, 1.82) is 0 Å². The Hall–Kier alpha value is -3.32. The lowest BCUT2D eigenvalue weighted by Crippen LogP contribution is -2.26. The normalized spacial score (nSPS) is 11.6. The summed E-state index contributed by atoms with van der Waals surface area (Å²) in [6, 6.07) is 10.0. The van der Waals surface area contributed by atoms with E-state index in [0.29, 0.717) is 23.9 Å². The first-order valence-corrected chi connectivity index (χ1v) is 12.1. The maximum atomic E-state index is 13.4. The van der Waals surface area contributed by atoms with Crippen molar-refractivity contribution in [3.63, 3.8) is 0 Å². The molecule has 6 nitrogen and oxygen atoms in total. The van der Waals surface area contributed by atoms with Gasteiger partial charge in [-0.15, -0.1) is 11.3 Å². The Labute approximate surface area is 204 Å². The van der Waals surface area contributed by atoms with Gasteiger partial charge in [0.2, 0.25) is 5.88 Å². The molecule has 0 aliphatic rings. The molecule has 0 aliphatic heterocycles. The van der Waals surface area contributed by atoms with Gasteiger partial charge in [0, 0.05) is 27.6 Å². The highest BCUT2D eigenvalue weighted by molar-refractivity contribution is 7.10. The molecule has 0 saturated heterocycles. The Kier molecular flexibility index (Phi) is 6.41. The first-order valence-electron chi connectivity index (χ1n) is 11.3. The van der Waals surface area contributed by atoms with Crippen LogP contribution in [0.4, 0.5) is 0 Å². The molecule has 0 radical (unpaired) electrons. The third-order valence-electron chi connectivity index (χ3n) is 5.66. The molecular weight excluding hydrogens is 444 g/mol. The number of aromatic nitrogens is 4. The number of hydrogen-bond donors (Lipinski definition) is 0. The van der Waals surface area contributed by atoms with E-state index < -0.39 is 0 Å². The Balaban J connectivity index is 1.73. The van der Waals surface area contributed by atoms with Crippen LogP contribution in [-0.2, 0) is 12.0 Å². The van der Waals surface area contributed by atoms with Crippen LogP contribution < -0.4 is 10.3 Å². The van der Waals surface area contributed by atoms with Crippen molar-refractivity contribution in [3.8, 4) is 22.8 Å². The van der Waals surface area contributed by atoms with Crippen LogP contribution >= 0.6 is 11.3 Å². The summed E-state index contributed by atoms with van der Waals surface area (Å²) >= 11 is 1.68. The van der Waals surface area contributed by atoms with Crippen molar-refractivity contribution >= 4 is 11.3 Å². The molecule has 0 atom stereocenters. The van der Waals surface area contributed by atoms with Gasteiger partial charge in [-0.25, -0.2) is 9.97 Å². The molecule has 4 aromatic rings. The molecule has 34 heavy (non-hydrogen) atoms. The highest BCUT2D eigenvalue weighted by Gasteiger charge is 2.19. The largest absolute Gasteiger partial charge is 0.472 e. The van der Waals surface area contributed by atoms with Crippen LogP contribution in [0.3, 0.4) is 0 Å². The number of hydrogen-bond acceptors (Lipinski definition) is 6. The summed E-state index contributed by atoms with van der Waals surface area (Å²) < 4.78 is 7.58. The molecule has 1 aromatic carbocycles. The monoisotopic (exact) mass is 474 g/mol. The molecule has 4 rings (SSSR count). The van der Waals surface area contributed by atoms with E-state index in [1.54, 1.807) is 29.0 Å². The van der Waals surface area contributed by atoms with Crippen LogP contribution in [0.2, 0.25) is 0 Å². The van der Waals surface area contributed by atoms with Gasteiger partial charge >= 0.3 is 0 Å². The molecule has 0 spiro atoms. The zero-order valence-corrected chi connectivity index (χ0v) is 21.6. The predicted octanol–water partition coefficient (Wildman–Crippen LogP) is 5.86. The summed E-state index contributed by atoms with van der Waals surface area (Å²) in [7, 11) is 0. The molecule has 0 bridgehead atoms. The highest BCUT2D eigenvalue weighted by Crippen LogP contribution is 2.26. The Morgan fingerprint density at radius 2 is 1.79 bits per heavy atom. The van der Waals surface area contributed by atoms with Gasteiger partial charge in [0.25, 0.3) is 5.56 Å². The van der Waals surface area contributed by atoms with Crippen LogP contribution in [0.25, 0.3) is 16.9 Å². The number of thiophene rings is 1. The number of aryl methyl sites for hydroxylation is 3. The van der Waals surface area contributed by atoms with E-state index in [4.69, 9.17) is 9.72 Å². The van der Waals surface area contributed by atoms with E-state index >= 15 is 0 Å². The second-order valence-electron chi connectivity index (χ2n) is 9.60. The van der Waals surface area contributed by atoms with Crippen molar-refractivity contribution in [2.45, 2.75) is 60.5 Å². The molecule has 0 saturated carbocycles. The summed E-state index contributed by atoms with van der Waals surface area (Å²) in [5.41, 5.74) is 4.77. The average molecular weight is 475 g/mol. The fourth-order valence-corrected chi connectivity index (χ4v) is 4.42. The molecule has 176 valence electrons. The molecule has 7 heteroatoms. The Bertz CT molecular complexity index is 1410. The zero-order valence-electron chi connectivity index (χ0n) is 20.8. The lowest BCUT2D eigenvalue weighted by molar-refractivity contribution is 0.289. The van der Waals surface area contributed by atoms with E-state index in [9.17, 15) is 4.79 Å². The quantitative estimate of drug-likeness (QED) is 0.362. The van der Waals surface area contributed by atoms with E-state index in [1.165, 1.54) is 4.88 Å². The predicted molar refractivity (Wildman–Crippen MR) is 137 cm³/mol. The number of rotatable bonds is 5. The van der Waals surface area contributed by atoms with Crippen molar-refractivity contribution in [1.82, 2.24) is 19.5 Å². The molecule has 0 unspecified atom stereocenters. The lowest BCUT2D eigenvalue weighted by atomic mass is 9.95. The van der Waals surface area contributed by atoms with Crippen LogP contribution in [0, 0.1) is 27.7 Å². The van der Waals surface area contributed by atoms with Gasteiger partial charge in [0.15, 0.2) is 0 Å². The van der Waals surface area contributed by atoms with Crippen LogP contribution in [0.15, 0.2) is 46.7 Å². The highest BCUT2D eigenvalue weighted by atomic mass is 32.1. The van der Waals surface area contributed by atoms with Crippen molar-refractivity contribution < 1.29 is 4.74 Å². The molecule has 0 aliphatic carbocycles. The second-order valence-corrected chi connectivity index (χ2v) is 10.7. The van der Waals surface area contributed by atoms with Gasteiger partial charge in [-0.1, -0.05) is 32.9 Å².